The van der Waals surface area contributed by atoms with E-state index in [0.717, 1.165) is 12.0 Å². The van der Waals surface area contributed by atoms with Gasteiger partial charge in [0.15, 0.2) is 0 Å². The molecule has 0 aliphatic heterocycles. The average molecular weight is 276 g/mol. The minimum Gasteiger partial charge on any atom is -0.324 e. The Kier molecular flexibility index (Phi) is 3.97. The van der Waals surface area contributed by atoms with Gasteiger partial charge in [-0.25, -0.2) is 0 Å². The normalized spacial score (nSPS) is 15.6. The van der Waals surface area contributed by atoms with Gasteiger partial charge in [0.2, 0.25) is 0 Å². The molecule has 0 aliphatic rings. The molecule has 0 fully saturated rings. The van der Waals surface area contributed by atoms with Crippen LogP contribution in [-0.4, -0.2) is 4.05 Å². The predicted molar refractivity (Wildman–Crippen MR) is 60.0 cm³/mol. The Morgan fingerprint density at radius 3 is 2.25 bits per heavy atom. The topological polar surface area (TPSA) is 52.0 Å². The van der Waals surface area contributed by atoms with Gasteiger partial charge in [0.05, 0.1) is 4.05 Å². The van der Waals surface area contributed by atoms with Gasteiger partial charge in [-0.3, -0.25) is 0 Å². The Labute approximate surface area is 86.5 Å². The lowest BCUT2D eigenvalue weighted by Gasteiger charge is -2.12. The van der Waals surface area contributed by atoms with Crippen LogP contribution in [0.4, 0.5) is 0 Å². The lowest BCUT2D eigenvalue weighted by molar-refractivity contribution is 0.649. The SMILES string of the molecule is NC(I)CC(N)c1ccccc1. The molecule has 0 radical (unpaired) electrons. The molecular weight excluding hydrogens is 263 g/mol. The Hall–Kier alpha value is -0.130. The van der Waals surface area contributed by atoms with E-state index in [2.05, 4.69) is 22.6 Å². The smallest absolute Gasteiger partial charge is 0.0586 e. The highest BCUT2D eigenvalue weighted by molar-refractivity contribution is 14.1. The first-order chi connectivity index (χ1) is 5.70. The van der Waals surface area contributed by atoms with Crippen molar-refractivity contribution < 1.29 is 0 Å². The summed E-state index contributed by atoms with van der Waals surface area (Å²) in [5, 5.41) is 0. The van der Waals surface area contributed by atoms with E-state index in [4.69, 9.17) is 11.5 Å². The lowest BCUT2D eigenvalue weighted by atomic mass is 10.1. The Morgan fingerprint density at radius 2 is 1.75 bits per heavy atom. The lowest BCUT2D eigenvalue weighted by Crippen LogP contribution is -2.20. The molecule has 3 heteroatoms. The Bertz CT molecular complexity index is 223. The van der Waals surface area contributed by atoms with Gasteiger partial charge in [-0.15, -0.1) is 0 Å². The van der Waals surface area contributed by atoms with E-state index in [1.807, 2.05) is 30.3 Å². The molecule has 2 atom stereocenters. The molecule has 0 amide bonds. The van der Waals surface area contributed by atoms with Crippen molar-refractivity contribution in [3.8, 4) is 0 Å². The maximum atomic E-state index is 5.91. The van der Waals surface area contributed by atoms with Gasteiger partial charge >= 0.3 is 0 Å². The molecule has 0 saturated carbocycles. The van der Waals surface area contributed by atoms with Gasteiger partial charge in [-0.05, 0) is 12.0 Å². The molecule has 66 valence electrons. The molecule has 1 aromatic carbocycles. The summed E-state index contributed by atoms with van der Waals surface area (Å²) in [7, 11) is 0. The quantitative estimate of drug-likeness (QED) is 0.502. The van der Waals surface area contributed by atoms with E-state index in [0.29, 0.717) is 0 Å². The first-order valence-electron chi connectivity index (χ1n) is 3.90. The molecule has 0 saturated heterocycles. The van der Waals surface area contributed by atoms with Crippen LogP contribution >= 0.6 is 22.6 Å². The zero-order valence-corrected chi connectivity index (χ0v) is 8.94. The van der Waals surface area contributed by atoms with Crippen LogP contribution in [0.2, 0.25) is 0 Å². The summed E-state index contributed by atoms with van der Waals surface area (Å²) in [6, 6.07) is 10.1. The fraction of sp³-hybridized carbons (Fsp3) is 0.333. The van der Waals surface area contributed by atoms with Crippen molar-refractivity contribution in [3.63, 3.8) is 0 Å². The van der Waals surface area contributed by atoms with Gasteiger partial charge in [0, 0.05) is 6.04 Å². The third-order valence-corrected chi connectivity index (χ3v) is 2.22. The molecule has 0 bridgehead atoms. The monoisotopic (exact) mass is 276 g/mol. The van der Waals surface area contributed by atoms with Gasteiger partial charge in [-0.1, -0.05) is 52.9 Å². The number of benzene rings is 1. The van der Waals surface area contributed by atoms with Crippen molar-refractivity contribution in [1.29, 1.82) is 0 Å². The van der Waals surface area contributed by atoms with Crippen LogP contribution in [0.5, 0.6) is 0 Å². The van der Waals surface area contributed by atoms with E-state index in [1.165, 1.54) is 0 Å². The van der Waals surface area contributed by atoms with E-state index in [1.54, 1.807) is 0 Å². The second-order valence-electron chi connectivity index (χ2n) is 2.77. The van der Waals surface area contributed by atoms with Crippen LogP contribution < -0.4 is 11.5 Å². The highest BCUT2D eigenvalue weighted by Gasteiger charge is 2.07. The van der Waals surface area contributed by atoms with Gasteiger partial charge in [0.25, 0.3) is 0 Å². The molecule has 0 aromatic heterocycles. The van der Waals surface area contributed by atoms with Crippen molar-refractivity contribution in [2.45, 2.75) is 16.5 Å². The van der Waals surface area contributed by atoms with Gasteiger partial charge < -0.3 is 11.5 Å². The van der Waals surface area contributed by atoms with E-state index in [9.17, 15) is 0 Å². The number of halogens is 1. The number of alkyl halides is 1. The number of nitrogens with two attached hydrogens (primary N) is 2. The molecule has 0 spiro atoms. The standard InChI is InChI=1S/C9H13IN2/c10-9(12)6-8(11)7-4-2-1-3-5-7/h1-5,8-9H,6,11-12H2. The van der Waals surface area contributed by atoms with Crippen molar-refractivity contribution in [2.24, 2.45) is 11.5 Å². The largest absolute Gasteiger partial charge is 0.324 e. The summed E-state index contributed by atoms with van der Waals surface area (Å²) < 4.78 is 0.137. The van der Waals surface area contributed by atoms with Crippen LogP contribution in [0.3, 0.4) is 0 Å². The van der Waals surface area contributed by atoms with Gasteiger partial charge in [0.1, 0.15) is 0 Å². The minimum atomic E-state index is 0.0677. The fourth-order valence-corrected chi connectivity index (χ4v) is 1.63. The van der Waals surface area contributed by atoms with E-state index in [-0.39, 0.29) is 10.1 Å². The van der Waals surface area contributed by atoms with Crippen LogP contribution in [0.15, 0.2) is 30.3 Å². The molecule has 1 aromatic rings. The van der Waals surface area contributed by atoms with E-state index < -0.39 is 0 Å². The van der Waals surface area contributed by atoms with Crippen LogP contribution in [-0.2, 0) is 0 Å². The minimum absolute atomic E-state index is 0.0677. The Balaban J connectivity index is 2.59. The van der Waals surface area contributed by atoms with Crippen LogP contribution in [0.25, 0.3) is 0 Å². The highest BCUT2D eigenvalue weighted by Crippen LogP contribution is 2.16. The maximum absolute atomic E-state index is 5.91. The number of rotatable bonds is 3. The maximum Gasteiger partial charge on any atom is 0.0586 e. The van der Waals surface area contributed by atoms with Crippen LogP contribution in [0, 0.1) is 0 Å². The third kappa shape index (κ3) is 3.08. The molecule has 12 heavy (non-hydrogen) atoms. The Morgan fingerprint density at radius 1 is 1.17 bits per heavy atom. The number of hydrogen-bond acceptors (Lipinski definition) is 2. The second kappa shape index (κ2) is 4.79. The average Bonchev–Trinajstić information content (AvgIpc) is 2.05. The zero-order chi connectivity index (χ0) is 8.97. The fourth-order valence-electron chi connectivity index (χ4n) is 1.08. The summed E-state index contributed by atoms with van der Waals surface area (Å²) >= 11 is 2.18. The van der Waals surface area contributed by atoms with Crippen molar-refractivity contribution >= 4 is 22.6 Å². The van der Waals surface area contributed by atoms with Crippen molar-refractivity contribution in [2.75, 3.05) is 0 Å². The summed E-state index contributed by atoms with van der Waals surface area (Å²) in [5.41, 5.74) is 12.7. The molecule has 4 N–H and O–H groups in total. The summed E-state index contributed by atoms with van der Waals surface area (Å²) in [6.07, 6.45) is 0.824. The molecule has 0 aliphatic carbocycles. The molecule has 2 nitrogen and oxygen atoms in total. The first-order valence-corrected chi connectivity index (χ1v) is 5.15. The van der Waals surface area contributed by atoms with Crippen LogP contribution in [0.1, 0.15) is 18.0 Å². The summed E-state index contributed by atoms with van der Waals surface area (Å²) in [4.78, 5) is 0. The van der Waals surface area contributed by atoms with E-state index >= 15 is 0 Å². The van der Waals surface area contributed by atoms with Crippen molar-refractivity contribution in [1.82, 2.24) is 0 Å². The summed E-state index contributed by atoms with van der Waals surface area (Å²) in [5.74, 6) is 0. The van der Waals surface area contributed by atoms with Gasteiger partial charge in [-0.2, -0.15) is 0 Å². The highest BCUT2D eigenvalue weighted by atomic mass is 127. The predicted octanol–water partition coefficient (Wildman–Crippen LogP) is 1.80. The molecule has 1 rings (SSSR count). The second-order valence-corrected chi connectivity index (χ2v) is 4.37. The first kappa shape index (κ1) is 9.95. The summed E-state index contributed by atoms with van der Waals surface area (Å²) in [6.45, 7) is 0. The zero-order valence-electron chi connectivity index (χ0n) is 6.78. The molecule has 2 unspecified atom stereocenters. The van der Waals surface area contributed by atoms with Crippen molar-refractivity contribution in [3.05, 3.63) is 35.9 Å². The third-order valence-electron chi connectivity index (χ3n) is 1.71. The molecule has 0 heterocycles. The molecular formula is C9H13IN2. The number of hydrogen-bond donors (Lipinski definition) is 2.